The van der Waals surface area contributed by atoms with Crippen molar-refractivity contribution in [3.05, 3.63) is 100 Å². The summed E-state index contributed by atoms with van der Waals surface area (Å²) in [5, 5.41) is 9.61. The lowest BCUT2D eigenvalue weighted by Gasteiger charge is -2.14. The molecule has 1 heterocycles. The van der Waals surface area contributed by atoms with Crippen LogP contribution in [0.2, 0.25) is 0 Å². The largest absolute Gasteiger partial charge is 0.489 e. The van der Waals surface area contributed by atoms with Crippen LogP contribution in [0, 0.1) is 0 Å². The number of amides is 1. The van der Waals surface area contributed by atoms with Gasteiger partial charge in [-0.25, -0.2) is 9.79 Å². The van der Waals surface area contributed by atoms with Gasteiger partial charge in [-0.3, -0.25) is 9.69 Å². The highest BCUT2D eigenvalue weighted by atomic mass is 32.2. The average Bonchev–Trinajstić information content (AvgIpc) is 3.16. The van der Waals surface area contributed by atoms with E-state index < -0.39 is 5.97 Å². The molecule has 0 atom stereocenters. The Morgan fingerprint density at radius 2 is 1.74 bits per heavy atom. The predicted octanol–water partition coefficient (Wildman–Crippen LogP) is 5.21. The summed E-state index contributed by atoms with van der Waals surface area (Å²) < 4.78 is 11.0. The third kappa shape index (κ3) is 6.38. The number of carbonyl (C=O) groups excluding carboxylic acids is 1. The topological polar surface area (TPSA) is 88.4 Å². The molecule has 1 N–H and O–H groups in total. The molecule has 0 unspecified atom stereocenters. The lowest BCUT2D eigenvalue weighted by molar-refractivity contribution is -0.122. The zero-order valence-electron chi connectivity index (χ0n) is 19.1. The van der Waals surface area contributed by atoms with Crippen LogP contribution >= 0.6 is 11.8 Å². The Hall–Kier alpha value is -3.88. The number of para-hydroxylation sites is 1. The number of aromatic carboxylic acids is 1. The SMILES string of the molecule is COCCN1C(=O)/C(=C\c2ccc(OCc3ccc(C(=O)O)cc3)cc2)SC1=Nc1ccccc1. The van der Waals surface area contributed by atoms with Crippen molar-refractivity contribution in [3.63, 3.8) is 0 Å². The molecule has 0 spiro atoms. The maximum absolute atomic E-state index is 13.0. The molecule has 3 aromatic rings. The summed E-state index contributed by atoms with van der Waals surface area (Å²) in [6.45, 7) is 1.16. The summed E-state index contributed by atoms with van der Waals surface area (Å²) in [6, 6.07) is 23.5. The van der Waals surface area contributed by atoms with E-state index in [-0.39, 0.29) is 11.5 Å². The van der Waals surface area contributed by atoms with Crippen molar-refractivity contribution in [2.45, 2.75) is 6.61 Å². The molecular weight excluding hydrogens is 464 g/mol. The molecule has 0 saturated carbocycles. The highest BCUT2D eigenvalue weighted by molar-refractivity contribution is 8.18. The van der Waals surface area contributed by atoms with Crippen LogP contribution in [0.5, 0.6) is 5.75 Å². The number of rotatable bonds is 9. The fourth-order valence-corrected chi connectivity index (χ4v) is 4.33. The number of amidine groups is 1. The van der Waals surface area contributed by atoms with Crippen LogP contribution in [0.3, 0.4) is 0 Å². The van der Waals surface area contributed by atoms with Crippen molar-refractivity contribution >= 4 is 40.6 Å². The smallest absolute Gasteiger partial charge is 0.335 e. The van der Waals surface area contributed by atoms with Gasteiger partial charge in [-0.05, 0) is 65.4 Å². The monoisotopic (exact) mass is 488 g/mol. The van der Waals surface area contributed by atoms with Crippen molar-refractivity contribution in [2.24, 2.45) is 4.99 Å². The molecular formula is C27H24N2O5S. The normalized spacial score (nSPS) is 15.7. The molecule has 0 bridgehead atoms. The number of benzene rings is 3. The maximum Gasteiger partial charge on any atom is 0.335 e. The van der Waals surface area contributed by atoms with Gasteiger partial charge in [0.05, 0.1) is 29.3 Å². The van der Waals surface area contributed by atoms with Gasteiger partial charge in [0, 0.05) is 7.11 Å². The molecule has 0 radical (unpaired) electrons. The quantitative estimate of drug-likeness (QED) is 0.416. The van der Waals surface area contributed by atoms with Crippen LogP contribution in [0.1, 0.15) is 21.5 Å². The van der Waals surface area contributed by atoms with Crippen molar-refractivity contribution in [3.8, 4) is 5.75 Å². The van der Waals surface area contributed by atoms with Gasteiger partial charge in [-0.2, -0.15) is 0 Å². The van der Waals surface area contributed by atoms with Crippen molar-refractivity contribution in [1.82, 2.24) is 4.90 Å². The highest BCUT2D eigenvalue weighted by Gasteiger charge is 2.33. The molecule has 7 nitrogen and oxygen atoms in total. The number of nitrogens with zero attached hydrogens (tertiary/aromatic N) is 2. The number of methoxy groups -OCH3 is 1. The van der Waals surface area contributed by atoms with E-state index in [9.17, 15) is 9.59 Å². The zero-order chi connectivity index (χ0) is 24.6. The Labute approximate surface area is 207 Å². The van der Waals surface area contributed by atoms with Crippen molar-refractivity contribution in [2.75, 3.05) is 20.3 Å². The highest BCUT2D eigenvalue weighted by Crippen LogP contribution is 2.34. The Kier molecular flexibility index (Phi) is 7.97. The second-order valence-corrected chi connectivity index (χ2v) is 8.66. The molecule has 4 rings (SSSR count). The van der Waals surface area contributed by atoms with Gasteiger partial charge in [-0.15, -0.1) is 0 Å². The van der Waals surface area contributed by atoms with E-state index in [1.165, 1.54) is 11.8 Å². The third-order valence-corrected chi connectivity index (χ3v) is 6.18. The summed E-state index contributed by atoms with van der Waals surface area (Å²) in [5.74, 6) is -0.388. The maximum atomic E-state index is 13.0. The first kappa shape index (κ1) is 24.3. The van der Waals surface area contributed by atoms with E-state index in [4.69, 9.17) is 14.6 Å². The van der Waals surface area contributed by atoms with E-state index >= 15 is 0 Å². The molecule has 3 aromatic carbocycles. The van der Waals surface area contributed by atoms with Gasteiger partial charge in [0.1, 0.15) is 12.4 Å². The Balaban J connectivity index is 1.44. The summed E-state index contributed by atoms with van der Waals surface area (Å²) in [7, 11) is 1.60. The standard InChI is InChI=1S/C27H24N2O5S/c1-33-16-15-29-25(30)24(35-27(29)28-22-5-3-2-4-6-22)17-19-9-13-23(14-10-19)34-18-20-7-11-21(12-8-20)26(31)32/h2-14,17H,15-16,18H2,1H3,(H,31,32)/b24-17+,28-27?. The van der Waals surface area contributed by atoms with Crippen LogP contribution in [0.25, 0.3) is 6.08 Å². The molecule has 1 saturated heterocycles. The molecule has 1 aliphatic rings. The third-order valence-electron chi connectivity index (χ3n) is 5.17. The van der Waals surface area contributed by atoms with Gasteiger partial charge in [0.2, 0.25) is 0 Å². The first-order valence-electron chi connectivity index (χ1n) is 10.9. The number of carboxylic acid groups (broad SMARTS) is 1. The summed E-state index contributed by atoms with van der Waals surface area (Å²) in [6.07, 6.45) is 1.84. The van der Waals surface area contributed by atoms with E-state index in [1.807, 2.05) is 60.7 Å². The fourth-order valence-electron chi connectivity index (χ4n) is 3.31. The number of thioether (sulfide) groups is 1. The predicted molar refractivity (Wildman–Crippen MR) is 137 cm³/mol. The Bertz CT molecular complexity index is 1240. The average molecular weight is 489 g/mol. The second kappa shape index (κ2) is 11.5. The molecule has 35 heavy (non-hydrogen) atoms. The first-order valence-corrected chi connectivity index (χ1v) is 11.7. The number of ether oxygens (including phenoxy) is 2. The molecule has 1 aliphatic heterocycles. The number of carboxylic acids is 1. The number of hydrogen-bond acceptors (Lipinski definition) is 6. The van der Waals surface area contributed by atoms with Crippen molar-refractivity contribution < 1.29 is 24.2 Å². The minimum atomic E-state index is -0.957. The molecule has 0 aliphatic carbocycles. The minimum absolute atomic E-state index is 0.105. The van der Waals surface area contributed by atoms with Gasteiger partial charge >= 0.3 is 5.97 Å². The minimum Gasteiger partial charge on any atom is -0.489 e. The van der Waals surface area contributed by atoms with Crippen LogP contribution < -0.4 is 4.74 Å². The van der Waals surface area contributed by atoms with E-state index in [1.54, 1.807) is 36.3 Å². The first-order chi connectivity index (χ1) is 17.0. The van der Waals surface area contributed by atoms with E-state index in [0.29, 0.717) is 35.6 Å². The summed E-state index contributed by atoms with van der Waals surface area (Å²) in [4.78, 5) is 30.9. The fraction of sp³-hybridized carbons (Fsp3) is 0.148. The van der Waals surface area contributed by atoms with Gasteiger partial charge < -0.3 is 14.6 Å². The number of hydrogen-bond donors (Lipinski definition) is 1. The van der Waals surface area contributed by atoms with Gasteiger partial charge in [0.15, 0.2) is 5.17 Å². The number of carbonyl (C=O) groups is 2. The van der Waals surface area contributed by atoms with E-state index in [2.05, 4.69) is 4.99 Å². The lowest BCUT2D eigenvalue weighted by Crippen LogP contribution is -2.32. The van der Waals surface area contributed by atoms with Gasteiger partial charge in [-0.1, -0.05) is 42.5 Å². The van der Waals surface area contributed by atoms with Crippen molar-refractivity contribution in [1.29, 1.82) is 0 Å². The second-order valence-electron chi connectivity index (χ2n) is 7.65. The van der Waals surface area contributed by atoms with Crippen LogP contribution in [0.4, 0.5) is 5.69 Å². The van der Waals surface area contributed by atoms with E-state index in [0.717, 1.165) is 16.8 Å². The molecule has 1 fully saturated rings. The summed E-state index contributed by atoms with van der Waals surface area (Å²) >= 11 is 1.34. The Morgan fingerprint density at radius 1 is 1.03 bits per heavy atom. The van der Waals surface area contributed by atoms with Crippen LogP contribution in [-0.4, -0.2) is 47.3 Å². The summed E-state index contributed by atoms with van der Waals surface area (Å²) in [5.41, 5.74) is 2.76. The molecule has 178 valence electrons. The zero-order valence-corrected chi connectivity index (χ0v) is 19.9. The number of aliphatic imine (C=N–C) groups is 1. The Morgan fingerprint density at radius 3 is 2.40 bits per heavy atom. The molecule has 8 heteroatoms. The van der Waals surface area contributed by atoms with Gasteiger partial charge in [0.25, 0.3) is 5.91 Å². The van der Waals surface area contributed by atoms with Crippen LogP contribution in [0.15, 0.2) is 88.8 Å². The molecule has 1 amide bonds. The van der Waals surface area contributed by atoms with Crippen LogP contribution in [-0.2, 0) is 16.1 Å². The lowest BCUT2D eigenvalue weighted by atomic mass is 10.1. The molecule has 0 aromatic heterocycles.